The number of nitrogens with zero attached hydrogens (tertiary/aromatic N) is 1. The van der Waals surface area contributed by atoms with E-state index in [1.165, 1.54) is 0 Å². The molecule has 3 N–H and O–H groups in total. The summed E-state index contributed by atoms with van der Waals surface area (Å²) < 4.78 is 0. The smallest absolute Gasteiger partial charge is 0.255 e. The van der Waals surface area contributed by atoms with Crippen molar-refractivity contribution < 1.29 is 9.90 Å². The summed E-state index contributed by atoms with van der Waals surface area (Å²) in [5.41, 5.74) is 2.08. The molecule has 1 rings (SSSR count). The van der Waals surface area contributed by atoms with Crippen molar-refractivity contribution in [3.8, 4) is 0 Å². The number of carbonyl (C=O) groups excluding carboxylic acids is 1. The van der Waals surface area contributed by atoms with Crippen molar-refractivity contribution in [1.82, 2.24) is 15.5 Å². The molecule has 0 saturated carbocycles. The van der Waals surface area contributed by atoms with Gasteiger partial charge in [-0.3, -0.25) is 9.89 Å². The third-order valence-electron chi connectivity index (χ3n) is 2.92. The molecule has 0 aliphatic rings. The Labute approximate surface area is 102 Å². The molecule has 0 aromatic carbocycles. The summed E-state index contributed by atoms with van der Waals surface area (Å²) in [6.07, 6.45) is 0.569. The Morgan fingerprint density at radius 1 is 1.47 bits per heavy atom. The molecule has 1 aromatic heterocycles. The third-order valence-corrected chi connectivity index (χ3v) is 2.92. The molecule has 1 aromatic rings. The maximum atomic E-state index is 12.1. The number of aliphatic hydroxyl groups is 1. The topological polar surface area (TPSA) is 78.0 Å². The molecular formula is C12H21N3O2. The SMILES string of the molecule is Cc1n[nH]c(C)c1C(=O)NC(CCO)C(C)C. The van der Waals surface area contributed by atoms with Crippen LogP contribution in [-0.4, -0.2) is 33.9 Å². The van der Waals surface area contributed by atoms with E-state index >= 15 is 0 Å². The van der Waals surface area contributed by atoms with Crippen molar-refractivity contribution in [2.75, 3.05) is 6.61 Å². The molecule has 0 fully saturated rings. The quantitative estimate of drug-likeness (QED) is 0.721. The number of amides is 1. The lowest BCUT2D eigenvalue weighted by Crippen LogP contribution is -2.39. The number of aromatic nitrogens is 2. The lowest BCUT2D eigenvalue weighted by molar-refractivity contribution is 0.0915. The average molecular weight is 239 g/mol. The van der Waals surface area contributed by atoms with Crippen molar-refractivity contribution >= 4 is 5.91 Å². The molecule has 5 nitrogen and oxygen atoms in total. The van der Waals surface area contributed by atoms with Gasteiger partial charge in [0.2, 0.25) is 0 Å². The van der Waals surface area contributed by atoms with E-state index in [1.54, 1.807) is 6.92 Å². The minimum atomic E-state index is -0.124. The van der Waals surface area contributed by atoms with Gasteiger partial charge in [0.1, 0.15) is 0 Å². The number of nitrogens with one attached hydrogen (secondary N) is 2. The van der Waals surface area contributed by atoms with Gasteiger partial charge >= 0.3 is 0 Å². The van der Waals surface area contributed by atoms with Gasteiger partial charge < -0.3 is 10.4 Å². The van der Waals surface area contributed by atoms with Crippen LogP contribution in [0.3, 0.4) is 0 Å². The van der Waals surface area contributed by atoms with Crippen LogP contribution in [0.25, 0.3) is 0 Å². The maximum absolute atomic E-state index is 12.1. The van der Waals surface area contributed by atoms with Crippen LogP contribution in [0, 0.1) is 19.8 Å². The minimum absolute atomic E-state index is 0.0128. The number of hydrogen-bond donors (Lipinski definition) is 3. The van der Waals surface area contributed by atoms with E-state index in [4.69, 9.17) is 5.11 Å². The summed E-state index contributed by atoms with van der Waals surface area (Å²) in [6.45, 7) is 7.75. The normalized spacial score (nSPS) is 12.8. The van der Waals surface area contributed by atoms with E-state index in [0.717, 1.165) is 5.69 Å². The first kappa shape index (κ1) is 13.7. The van der Waals surface area contributed by atoms with Crippen LogP contribution in [-0.2, 0) is 0 Å². The monoisotopic (exact) mass is 239 g/mol. The van der Waals surface area contributed by atoms with Crippen LogP contribution in [0.5, 0.6) is 0 Å². The molecule has 1 unspecified atom stereocenters. The van der Waals surface area contributed by atoms with Gasteiger partial charge in [-0.15, -0.1) is 0 Å². The van der Waals surface area contributed by atoms with Crippen molar-refractivity contribution in [2.45, 2.75) is 40.2 Å². The molecule has 1 heterocycles. The minimum Gasteiger partial charge on any atom is -0.396 e. The Bertz CT molecular complexity index is 366. The third kappa shape index (κ3) is 3.30. The second-order valence-electron chi connectivity index (χ2n) is 4.65. The Balaban J connectivity index is 2.77. The summed E-state index contributed by atoms with van der Waals surface area (Å²) in [5, 5.41) is 18.7. The van der Waals surface area contributed by atoms with Crippen molar-refractivity contribution in [1.29, 1.82) is 0 Å². The van der Waals surface area contributed by atoms with E-state index in [9.17, 15) is 4.79 Å². The van der Waals surface area contributed by atoms with E-state index in [0.29, 0.717) is 23.6 Å². The number of aliphatic hydroxyl groups excluding tert-OH is 1. The predicted octanol–water partition coefficient (Wildman–Crippen LogP) is 1.16. The molecule has 96 valence electrons. The molecule has 1 atom stereocenters. The fourth-order valence-corrected chi connectivity index (χ4v) is 1.84. The van der Waals surface area contributed by atoms with Gasteiger partial charge in [0.25, 0.3) is 5.91 Å². The molecule has 1 amide bonds. The van der Waals surface area contributed by atoms with Crippen molar-refractivity contribution in [2.24, 2.45) is 5.92 Å². The highest BCUT2D eigenvalue weighted by Gasteiger charge is 2.20. The molecule has 0 saturated heterocycles. The first-order chi connectivity index (χ1) is 7.97. The van der Waals surface area contributed by atoms with Crippen molar-refractivity contribution in [3.63, 3.8) is 0 Å². The van der Waals surface area contributed by atoms with Crippen LogP contribution < -0.4 is 5.32 Å². The van der Waals surface area contributed by atoms with Crippen LogP contribution in [0.4, 0.5) is 0 Å². The fraction of sp³-hybridized carbons (Fsp3) is 0.667. The number of H-pyrrole nitrogens is 1. The summed E-state index contributed by atoms with van der Waals surface area (Å²) in [7, 11) is 0. The lowest BCUT2D eigenvalue weighted by atomic mass is 10.0. The van der Waals surface area contributed by atoms with E-state index < -0.39 is 0 Å². The molecular weight excluding hydrogens is 218 g/mol. The standard InChI is InChI=1S/C12H21N3O2/c1-7(2)10(5-6-16)13-12(17)11-8(3)14-15-9(11)4/h7,10,16H,5-6H2,1-4H3,(H,13,17)(H,14,15). The number of aryl methyl sites for hydroxylation is 2. The Kier molecular flexibility index (Phi) is 4.69. The van der Waals surface area contributed by atoms with Gasteiger partial charge in [-0.25, -0.2) is 0 Å². The van der Waals surface area contributed by atoms with Crippen LogP contribution >= 0.6 is 0 Å². The molecule has 0 radical (unpaired) electrons. The second kappa shape index (κ2) is 5.82. The van der Waals surface area contributed by atoms with Gasteiger partial charge in [-0.05, 0) is 26.2 Å². The Hall–Kier alpha value is -1.36. The molecule has 17 heavy (non-hydrogen) atoms. The first-order valence-corrected chi connectivity index (χ1v) is 5.90. The number of aromatic amines is 1. The second-order valence-corrected chi connectivity index (χ2v) is 4.65. The highest BCUT2D eigenvalue weighted by molar-refractivity contribution is 5.96. The number of rotatable bonds is 5. The van der Waals surface area contributed by atoms with Gasteiger partial charge in [0.15, 0.2) is 0 Å². The number of carbonyl (C=O) groups is 1. The molecule has 0 aliphatic heterocycles. The van der Waals surface area contributed by atoms with Crippen LogP contribution in [0.15, 0.2) is 0 Å². The number of hydrogen-bond acceptors (Lipinski definition) is 3. The molecule has 0 bridgehead atoms. The highest BCUT2D eigenvalue weighted by atomic mass is 16.3. The Morgan fingerprint density at radius 3 is 2.53 bits per heavy atom. The highest BCUT2D eigenvalue weighted by Crippen LogP contribution is 2.12. The fourth-order valence-electron chi connectivity index (χ4n) is 1.84. The van der Waals surface area contributed by atoms with Crippen LogP contribution in [0.2, 0.25) is 0 Å². The average Bonchev–Trinajstić information content (AvgIpc) is 2.57. The molecule has 0 spiro atoms. The summed E-state index contributed by atoms with van der Waals surface area (Å²) >= 11 is 0. The van der Waals surface area contributed by atoms with Crippen LogP contribution in [0.1, 0.15) is 42.0 Å². The summed E-state index contributed by atoms with van der Waals surface area (Å²) in [5.74, 6) is 0.166. The predicted molar refractivity (Wildman–Crippen MR) is 65.9 cm³/mol. The largest absolute Gasteiger partial charge is 0.396 e. The summed E-state index contributed by atoms with van der Waals surface area (Å²) in [4.78, 5) is 12.1. The molecule has 5 heteroatoms. The lowest BCUT2D eigenvalue weighted by Gasteiger charge is -2.21. The van der Waals surface area contributed by atoms with E-state index in [-0.39, 0.29) is 18.6 Å². The molecule has 0 aliphatic carbocycles. The zero-order valence-electron chi connectivity index (χ0n) is 10.9. The zero-order chi connectivity index (χ0) is 13.0. The first-order valence-electron chi connectivity index (χ1n) is 5.90. The van der Waals surface area contributed by atoms with Crippen molar-refractivity contribution in [3.05, 3.63) is 17.0 Å². The van der Waals surface area contributed by atoms with Gasteiger partial charge in [0, 0.05) is 18.3 Å². The van der Waals surface area contributed by atoms with Gasteiger partial charge in [0.05, 0.1) is 11.3 Å². The Morgan fingerprint density at radius 2 is 2.12 bits per heavy atom. The van der Waals surface area contributed by atoms with Gasteiger partial charge in [-0.1, -0.05) is 13.8 Å². The summed E-state index contributed by atoms with van der Waals surface area (Å²) in [6, 6.07) is -0.0128. The van der Waals surface area contributed by atoms with E-state index in [1.807, 2.05) is 20.8 Å². The maximum Gasteiger partial charge on any atom is 0.255 e. The van der Waals surface area contributed by atoms with E-state index in [2.05, 4.69) is 15.5 Å². The van der Waals surface area contributed by atoms with Gasteiger partial charge in [-0.2, -0.15) is 5.10 Å². The zero-order valence-corrected chi connectivity index (χ0v) is 10.9.